The molecule has 0 saturated heterocycles. The van der Waals surface area contributed by atoms with Gasteiger partial charge >= 0.3 is 12.2 Å². The van der Waals surface area contributed by atoms with E-state index in [1.807, 2.05) is 0 Å². The van der Waals surface area contributed by atoms with Crippen molar-refractivity contribution in [2.75, 3.05) is 17.6 Å². The summed E-state index contributed by atoms with van der Waals surface area (Å²) in [5.74, 6) is -1.02. The molecule has 1 aliphatic rings. The number of benzene rings is 1. The number of thioether (sulfide) groups is 1. The third-order valence-electron chi connectivity index (χ3n) is 3.64. The maximum atomic E-state index is 12.3. The molecule has 0 radical (unpaired) electrons. The van der Waals surface area contributed by atoms with Gasteiger partial charge in [0.25, 0.3) is 0 Å². The van der Waals surface area contributed by atoms with Crippen molar-refractivity contribution >= 4 is 23.5 Å². The van der Waals surface area contributed by atoms with Crippen molar-refractivity contribution in [1.82, 2.24) is 5.32 Å². The number of hydrogen-bond acceptors (Lipinski definition) is 3. The summed E-state index contributed by atoms with van der Waals surface area (Å²) in [4.78, 5) is 12.2. The maximum absolute atomic E-state index is 12.3. The Morgan fingerprint density at radius 1 is 1.26 bits per heavy atom. The Kier molecular flexibility index (Phi) is 5.80. The number of rotatable bonds is 5. The summed E-state index contributed by atoms with van der Waals surface area (Å²) in [6, 6.07) is 5.78. The summed E-state index contributed by atoms with van der Waals surface area (Å²) in [6.07, 6.45) is -1.13. The largest absolute Gasteiger partial charge is 0.398 e. The molecule has 0 unspecified atom stereocenters. The minimum atomic E-state index is -4.27. The van der Waals surface area contributed by atoms with E-state index in [9.17, 15) is 23.1 Å². The van der Waals surface area contributed by atoms with E-state index in [1.54, 1.807) is 18.2 Å². The highest BCUT2D eigenvalue weighted by atomic mass is 32.2. The average Bonchev–Trinajstić information content (AvgIpc) is 2.91. The smallest absolute Gasteiger partial charge is 0.388 e. The number of anilines is 1. The highest BCUT2D eigenvalue weighted by Crippen LogP contribution is 2.32. The van der Waals surface area contributed by atoms with Crippen LogP contribution in [0.3, 0.4) is 0 Å². The second kappa shape index (κ2) is 7.44. The Morgan fingerprint density at radius 2 is 1.91 bits per heavy atom. The van der Waals surface area contributed by atoms with Crippen LogP contribution in [0.15, 0.2) is 29.2 Å². The van der Waals surface area contributed by atoms with Gasteiger partial charge in [0.1, 0.15) is 0 Å². The fourth-order valence-electron chi connectivity index (χ4n) is 2.48. The molecule has 0 aliphatic heterocycles. The molecule has 0 atom stereocenters. The van der Waals surface area contributed by atoms with Gasteiger partial charge in [-0.2, -0.15) is 13.2 Å². The summed E-state index contributed by atoms with van der Waals surface area (Å²) in [6.45, 7) is 0.136. The van der Waals surface area contributed by atoms with Gasteiger partial charge in [-0.15, -0.1) is 11.8 Å². The Labute approximate surface area is 136 Å². The van der Waals surface area contributed by atoms with E-state index in [0.717, 1.165) is 12.8 Å². The number of aliphatic hydroxyl groups is 1. The fraction of sp³-hybridized carbons (Fsp3) is 0.533. The van der Waals surface area contributed by atoms with Gasteiger partial charge in [-0.25, -0.2) is 4.79 Å². The molecular weight excluding hydrogens is 329 g/mol. The predicted octanol–water partition coefficient (Wildman–Crippen LogP) is 3.77. The monoisotopic (exact) mass is 348 g/mol. The number of para-hydroxylation sites is 1. The average molecular weight is 348 g/mol. The van der Waals surface area contributed by atoms with Crippen molar-refractivity contribution in [1.29, 1.82) is 0 Å². The van der Waals surface area contributed by atoms with Gasteiger partial charge in [-0.3, -0.25) is 0 Å². The highest BCUT2D eigenvalue weighted by Gasteiger charge is 2.31. The van der Waals surface area contributed by atoms with Crippen LogP contribution in [0.4, 0.5) is 23.7 Å². The van der Waals surface area contributed by atoms with Crippen LogP contribution >= 0.6 is 11.8 Å². The van der Waals surface area contributed by atoms with Crippen LogP contribution in [-0.2, 0) is 0 Å². The van der Waals surface area contributed by atoms with Gasteiger partial charge in [0.05, 0.1) is 17.0 Å². The van der Waals surface area contributed by atoms with Crippen LogP contribution in [0.5, 0.6) is 0 Å². The first-order valence-electron chi connectivity index (χ1n) is 7.33. The Bertz CT molecular complexity index is 546. The summed E-state index contributed by atoms with van der Waals surface area (Å²) >= 11 is 0.622. The van der Waals surface area contributed by atoms with Crippen molar-refractivity contribution in [3.8, 4) is 0 Å². The zero-order valence-electron chi connectivity index (χ0n) is 12.4. The lowest BCUT2D eigenvalue weighted by atomic mass is 10.0. The zero-order chi connectivity index (χ0) is 16.9. The molecular formula is C15H19F3N2O2S. The van der Waals surface area contributed by atoms with Crippen LogP contribution in [0.25, 0.3) is 0 Å². The van der Waals surface area contributed by atoms with E-state index < -0.39 is 23.6 Å². The number of halogens is 3. The maximum Gasteiger partial charge on any atom is 0.398 e. The lowest BCUT2D eigenvalue weighted by Crippen LogP contribution is -2.42. The molecule has 0 spiro atoms. The molecule has 0 heterocycles. The third kappa shape index (κ3) is 5.95. The second-order valence-corrected chi connectivity index (χ2v) is 6.66. The Balaban J connectivity index is 1.90. The molecule has 1 aromatic carbocycles. The highest BCUT2D eigenvalue weighted by molar-refractivity contribution is 7.99. The molecule has 3 N–H and O–H groups in total. The molecule has 0 bridgehead atoms. The summed E-state index contributed by atoms with van der Waals surface area (Å²) in [5, 5.41) is 15.3. The van der Waals surface area contributed by atoms with Crippen LogP contribution in [0.2, 0.25) is 0 Å². The van der Waals surface area contributed by atoms with E-state index in [4.69, 9.17) is 0 Å². The fourth-order valence-corrected chi connectivity index (χ4v) is 3.25. The second-order valence-electron chi connectivity index (χ2n) is 5.64. The zero-order valence-corrected chi connectivity index (χ0v) is 13.3. The lowest BCUT2D eigenvalue weighted by molar-refractivity contribution is -0.105. The van der Waals surface area contributed by atoms with Crippen LogP contribution in [-0.4, -0.2) is 35.2 Å². The SMILES string of the molecule is O=C(NCC1(O)CCCC1)Nc1ccccc1SCC(F)(F)F. The summed E-state index contributed by atoms with van der Waals surface area (Å²) in [5.41, 5.74) is -0.556. The van der Waals surface area contributed by atoms with Crippen LogP contribution < -0.4 is 10.6 Å². The van der Waals surface area contributed by atoms with Crippen molar-refractivity contribution in [2.45, 2.75) is 42.4 Å². The van der Waals surface area contributed by atoms with Crippen LogP contribution in [0, 0.1) is 0 Å². The van der Waals surface area contributed by atoms with Gasteiger partial charge in [0.15, 0.2) is 0 Å². The minimum Gasteiger partial charge on any atom is -0.388 e. The van der Waals surface area contributed by atoms with Crippen LogP contribution in [0.1, 0.15) is 25.7 Å². The standard InChI is InChI=1S/C15H19F3N2O2S/c16-15(17,18)10-23-12-6-2-1-5-11(12)20-13(21)19-9-14(22)7-3-4-8-14/h1-2,5-6,22H,3-4,7-10H2,(H2,19,20,21). The number of amides is 2. The van der Waals surface area contributed by atoms with E-state index in [0.29, 0.717) is 35.2 Å². The first kappa shape index (κ1) is 17.9. The van der Waals surface area contributed by atoms with E-state index in [-0.39, 0.29) is 6.54 Å². The molecule has 8 heteroatoms. The summed E-state index contributed by atoms with van der Waals surface area (Å²) < 4.78 is 37.0. The van der Waals surface area contributed by atoms with Crippen molar-refractivity contribution in [2.24, 2.45) is 0 Å². The van der Waals surface area contributed by atoms with Crippen molar-refractivity contribution < 1.29 is 23.1 Å². The van der Waals surface area contributed by atoms with E-state index in [2.05, 4.69) is 10.6 Å². The summed E-state index contributed by atoms with van der Waals surface area (Å²) in [7, 11) is 0. The number of alkyl halides is 3. The van der Waals surface area contributed by atoms with Gasteiger partial charge in [0.2, 0.25) is 0 Å². The quantitative estimate of drug-likeness (QED) is 0.710. The topological polar surface area (TPSA) is 61.4 Å². The molecule has 2 rings (SSSR count). The number of hydrogen-bond donors (Lipinski definition) is 3. The molecule has 1 aliphatic carbocycles. The van der Waals surface area contributed by atoms with E-state index in [1.165, 1.54) is 6.07 Å². The van der Waals surface area contributed by atoms with Gasteiger partial charge in [0, 0.05) is 11.4 Å². The molecule has 2 amide bonds. The van der Waals surface area contributed by atoms with Gasteiger partial charge in [-0.1, -0.05) is 25.0 Å². The number of carbonyl (C=O) groups is 1. The first-order valence-corrected chi connectivity index (χ1v) is 8.32. The Hall–Kier alpha value is -1.41. The molecule has 1 saturated carbocycles. The molecule has 4 nitrogen and oxygen atoms in total. The van der Waals surface area contributed by atoms with Gasteiger partial charge < -0.3 is 15.7 Å². The minimum absolute atomic E-state index is 0.136. The molecule has 1 aromatic rings. The number of urea groups is 1. The molecule has 1 fully saturated rings. The molecule has 0 aromatic heterocycles. The molecule has 23 heavy (non-hydrogen) atoms. The Morgan fingerprint density at radius 3 is 2.57 bits per heavy atom. The van der Waals surface area contributed by atoms with Gasteiger partial charge in [-0.05, 0) is 25.0 Å². The predicted molar refractivity (Wildman–Crippen MR) is 83.7 cm³/mol. The lowest BCUT2D eigenvalue weighted by Gasteiger charge is -2.22. The third-order valence-corrected chi connectivity index (χ3v) is 4.78. The first-order chi connectivity index (χ1) is 10.8. The molecule has 128 valence electrons. The normalized spacial score (nSPS) is 17.0. The number of nitrogens with one attached hydrogen (secondary N) is 2. The van der Waals surface area contributed by atoms with Crippen molar-refractivity contribution in [3.63, 3.8) is 0 Å². The van der Waals surface area contributed by atoms with E-state index >= 15 is 0 Å². The van der Waals surface area contributed by atoms with Crippen molar-refractivity contribution in [3.05, 3.63) is 24.3 Å². The number of carbonyl (C=O) groups excluding carboxylic acids is 1.